The van der Waals surface area contributed by atoms with Crippen LogP contribution in [0.2, 0.25) is 0 Å². The van der Waals surface area contributed by atoms with Gasteiger partial charge in [0.25, 0.3) is 10.0 Å². The lowest BCUT2D eigenvalue weighted by molar-refractivity contribution is 0.411. The Hall–Kier alpha value is -1.78. The molecule has 0 atom stereocenters. The second-order valence-electron chi connectivity index (χ2n) is 4.82. The Morgan fingerprint density at radius 3 is 2.04 bits per heavy atom. The Morgan fingerprint density at radius 2 is 1.54 bits per heavy atom. The van der Waals surface area contributed by atoms with Gasteiger partial charge in [-0.15, -0.1) is 0 Å². The Kier molecular flexibility index (Phi) is 5.41. The molecule has 0 bridgehead atoms. The number of ether oxygens (including phenoxy) is 1. The van der Waals surface area contributed by atoms with E-state index in [0.717, 1.165) is 6.26 Å². The van der Waals surface area contributed by atoms with Crippen LogP contribution >= 0.6 is 15.9 Å². The number of nitrogens with one attached hydrogen (secondary N) is 2. The fourth-order valence-corrected chi connectivity index (χ4v) is 4.25. The minimum Gasteiger partial charge on any atom is -0.496 e. The molecule has 0 aliphatic rings. The number of hydrogen-bond donors (Lipinski definition) is 2. The summed E-state index contributed by atoms with van der Waals surface area (Å²) in [6, 6.07) is 10.4. The highest BCUT2D eigenvalue weighted by Gasteiger charge is 2.18. The zero-order valence-corrected chi connectivity index (χ0v) is 16.0. The number of hydrogen-bond acceptors (Lipinski definition) is 5. The van der Waals surface area contributed by atoms with Gasteiger partial charge in [-0.3, -0.25) is 9.44 Å². The van der Waals surface area contributed by atoms with E-state index in [1.54, 1.807) is 12.1 Å². The molecular weight excluding hydrogens is 420 g/mol. The van der Waals surface area contributed by atoms with Gasteiger partial charge < -0.3 is 4.74 Å². The first-order valence-electron chi connectivity index (χ1n) is 6.55. The van der Waals surface area contributed by atoms with Crippen LogP contribution in [0.1, 0.15) is 0 Å². The van der Waals surface area contributed by atoms with Crippen molar-refractivity contribution in [2.24, 2.45) is 0 Å². The SMILES string of the molecule is COc1ccc(S(=O)(=O)Nc2ccccc2NS(C)(=O)=O)cc1Br. The molecule has 2 aromatic rings. The summed E-state index contributed by atoms with van der Waals surface area (Å²) in [6.07, 6.45) is 0.985. The first-order valence-corrected chi connectivity index (χ1v) is 10.7. The Labute approximate surface area is 149 Å². The van der Waals surface area contributed by atoms with Crippen molar-refractivity contribution >= 4 is 47.4 Å². The van der Waals surface area contributed by atoms with Crippen molar-refractivity contribution in [3.63, 3.8) is 0 Å². The molecule has 7 nitrogen and oxygen atoms in total. The molecule has 0 fully saturated rings. The van der Waals surface area contributed by atoms with E-state index in [9.17, 15) is 16.8 Å². The molecule has 0 amide bonds. The number of benzene rings is 2. The van der Waals surface area contributed by atoms with Gasteiger partial charge in [-0.1, -0.05) is 12.1 Å². The molecule has 0 spiro atoms. The average molecular weight is 435 g/mol. The second-order valence-corrected chi connectivity index (χ2v) is 9.11. The number of halogens is 1. The van der Waals surface area contributed by atoms with Gasteiger partial charge in [-0.25, -0.2) is 16.8 Å². The van der Waals surface area contributed by atoms with E-state index in [0.29, 0.717) is 10.2 Å². The fourth-order valence-electron chi connectivity index (χ4n) is 1.88. The van der Waals surface area contributed by atoms with Crippen LogP contribution in [0.25, 0.3) is 0 Å². The lowest BCUT2D eigenvalue weighted by atomic mass is 10.3. The number of rotatable bonds is 6. The summed E-state index contributed by atoms with van der Waals surface area (Å²) in [7, 11) is -5.98. The molecule has 0 heterocycles. The number of anilines is 2. The van der Waals surface area contributed by atoms with Gasteiger partial charge in [0.05, 0.1) is 34.1 Å². The lowest BCUT2D eigenvalue weighted by Gasteiger charge is -2.14. The monoisotopic (exact) mass is 434 g/mol. The molecule has 0 unspecified atom stereocenters. The zero-order valence-electron chi connectivity index (χ0n) is 12.8. The van der Waals surface area contributed by atoms with Crippen molar-refractivity contribution in [1.82, 2.24) is 0 Å². The first kappa shape index (κ1) is 18.6. The number of methoxy groups -OCH3 is 1. The van der Waals surface area contributed by atoms with Gasteiger partial charge in [-0.2, -0.15) is 0 Å². The highest BCUT2D eigenvalue weighted by atomic mass is 79.9. The molecule has 10 heteroatoms. The van der Waals surface area contributed by atoms with E-state index >= 15 is 0 Å². The van der Waals surface area contributed by atoms with Crippen LogP contribution in [-0.4, -0.2) is 30.2 Å². The third-order valence-corrected chi connectivity index (χ3v) is 5.47. The predicted octanol–water partition coefficient (Wildman–Crippen LogP) is 2.63. The van der Waals surface area contributed by atoms with Gasteiger partial charge in [-0.05, 0) is 46.3 Å². The van der Waals surface area contributed by atoms with Crippen LogP contribution in [0.3, 0.4) is 0 Å². The largest absolute Gasteiger partial charge is 0.496 e. The van der Waals surface area contributed by atoms with Gasteiger partial charge in [0, 0.05) is 0 Å². The van der Waals surface area contributed by atoms with Gasteiger partial charge in [0.15, 0.2) is 0 Å². The molecule has 2 rings (SSSR count). The first-order chi connectivity index (χ1) is 11.1. The van der Waals surface area contributed by atoms with E-state index < -0.39 is 20.0 Å². The molecular formula is C14H15BrN2O5S2. The number of sulfonamides is 2. The van der Waals surface area contributed by atoms with Crippen LogP contribution in [0.15, 0.2) is 51.8 Å². The number of para-hydroxylation sites is 2. The molecule has 130 valence electrons. The topological polar surface area (TPSA) is 102 Å². The summed E-state index contributed by atoms with van der Waals surface area (Å²) >= 11 is 3.23. The third kappa shape index (κ3) is 4.62. The van der Waals surface area contributed by atoms with E-state index in [1.165, 1.54) is 37.4 Å². The summed E-state index contributed by atoms with van der Waals surface area (Å²) in [5.41, 5.74) is 0.256. The fraction of sp³-hybridized carbons (Fsp3) is 0.143. The maximum Gasteiger partial charge on any atom is 0.262 e. The summed E-state index contributed by atoms with van der Waals surface area (Å²) in [6.45, 7) is 0. The van der Waals surface area contributed by atoms with Crippen molar-refractivity contribution in [3.05, 3.63) is 46.9 Å². The third-order valence-electron chi connectivity index (χ3n) is 2.90. The van der Waals surface area contributed by atoms with Gasteiger partial charge >= 0.3 is 0 Å². The second kappa shape index (κ2) is 6.99. The van der Waals surface area contributed by atoms with Crippen molar-refractivity contribution in [3.8, 4) is 5.75 Å². The maximum absolute atomic E-state index is 12.5. The van der Waals surface area contributed by atoms with Crippen molar-refractivity contribution in [2.75, 3.05) is 22.8 Å². The van der Waals surface area contributed by atoms with E-state index in [2.05, 4.69) is 25.4 Å². The Morgan fingerprint density at radius 1 is 0.958 bits per heavy atom. The molecule has 0 saturated heterocycles. The molecule has 2 N–H and O–H groups in total. The Balaban J connectivity index is 2.38. The molecule has 0 radical (unpaired) electrons. The summed E-state index contributed by atoms with van der Waals surface area (Å²) < 4.78 is 58.0. The smallest absolute Gasteiger partial charge is 0.262 e. The lowest BCUT2D eigenvalue weighted by Crippen LogP contribution is -2.16. The summed E-state index contributed by atoms with van der Waals surface area (Å²) in [5, 5.41) is 0. The van der Waals surface area contributed by atoms with Gasteiger partial charge in [0.1, 0.15) is 5.75 Å². The van der Waals surface area contributed by atoms with Crippen LogP contribution < -0.4 is 14.2 Å². The zero-order chi connectivity index (χ0) is 18.0. The van der Waals surface area contributed by atoms with Crippen LogP contribution in [0, 0.1) is 0 Å². The molecule has 0 saturated carbocycles. The van der Waals surface area contributed by atoms with Crippen LogP contribution in [0.4, 0.5) is 11.4 Å². The molecule has 0 aromatic heterocycles. The standard InChI is InChI=1S/C14H15BrN2O5S2/c1-22-14-8-7-10(9-11(14)15)24(20,21)17-13-6-4-3-5-12(13)16-23(2,18)19/h3-9,16-17H,1-2H3. The van der Waals surface area contributed by atoms with Crippen molar-refractivity contribution in [1.29, 1.82) is 0 Å². The summed E-state index contributed by atoms with van der Waals surface area (Å²) in [4.78, 5) is 0.00401. The van der Waals surface area contributed by atoms with Crippen molar-refractivity contribution in [2.45, 2.75) is 4.90 Å². The predicted molar refractivity (Wildman–Crippen MR) is 96.4 cm³/mol. The van der Waals surface area contributed by atoms with E-state index in [-0.39, 0.29) is 16.3 Å². The highest BCUT2D eigenvalue weighted by Crippen LogP contribution is 2.30. The van der Waals surface area contributed by atoms with E-state index in [4.69, 9.17) is 4.74 Å². The maximum atomic E-state index is 12.5. The molecule has 2 aromatic carbocycles. The molecule has 0 aliphatic heterocycles. The Bertz CT molecular complexity index is 959. The quantitative estimate of drug-likeness (QED) is 0.727. The summed E-state index contributed by atoms with van der Waals surface area (Å²) in [5.74, 6) is 0.494. The average Bonchev–Trinajstić information content (AvgIpc) is 2.47. The minimum atomic E-state index is -3.91. The minimum absolute atomic E-state index is 0.00401. The molecule has 24 heavy (non-hydrogen) atoms. The van der Waals surface area contributed by atoms with Gasteiger partial charge in [0.2, 0.25) is 10.0 Å². The van der Waals surface area contributed by atoms with Crippen LogP contribution in [-0.2, 0) is 20.0 Å². The molecule has 0 aliphatic carbocycles. The van der Waals surface area contributed by atoms with Crippen molar-refractivity contribution < 1.29 is 21.6 Å². The normalized spacial score (nSPS) is 11.8. The van der Waals surface area contributed by atoms with E-state index in [1.807, 2.05) is 0 Å². The van der Waals surface area contributed by atoms with Crippen LogP contribution in [0.5, 0.6) is 5.75 Å². The highest BCUT2D eigenvalue weighted by molar-refractivity contribution is 9.10.